The van der Waals surface area contributed by atoms with Crippen LogP contribution in [0.3, 0.4) is 0 Å². The Kier molecular flexibility index (Phi) is 12.5. The van der Waals surface area contributed by atoms with Gasteiger partial charge in [0.1, 0.15) is 0 Å². The standard InChI is InChI=1S/C16H27N3O3.HI/c1-5-22-11-7-10-18-16(17-2)19-12-13-8-6-9-14(20-3)15(13)21-4;/h6,8-9H,5,7,10-12H2,1-4H3,(H2,17,18,19);1H. The van der Waals surface area contributed by atoms with Crippen molar-refractivity contribution in [2.45, 2.75) is 19.9 Å². The summed E-state index contributed by atoms with van der Waals surface area (Å²) in [6, 6.07) is 5.82. The lowest BCUT2D eigenvalue weighted by atomic mass is 10.2. The van der Waals surface area contributed by atoms with E-state index in [1.165, 1.54) is 0 Å². The van der Waals surface area contributed by atoms with Gasteiger partial charge in [0.25, 0.3) is 0 Å². The third kappa shape index (κ3) is 7.74. The maximum atomic E-state index is 5.42. The molecule has 0 radical (unpaired) electrons. The summed E-state index contributed by atoms with van der Waals surface area (Å²) in [7, 11) is 5.02. The van der Waals surface area contributed by atoms with Crippen molar-refractivity contribution in [3.05, 3.63) is 23.8 Å². The average Bonchev–Trinajstić information content (AvgIpc) is 2.56. The molecule has 23 heavy (non-hydrogen) atoms. The van der Waals surface area contributed by atoms with E-state index in [1.54, 1.807) is 21.3 Å². The Morgan fingerprint density at radius 3 is 2.57 bits per heavy atom. The van der Waals surface area contributed by atoms with Crippen LogP contribution in [-0.4, -0.2) is 47.0 Å². The predicted molar refractivity (Wildman–Crippen MR) is 104 cm³/mol. The van der Waals surface area contributed by atoms with Gasteiger partial charge in [-0.15, -0.1) is 24.0 Å². The average molecular weight is 437 g/mol. The van der Waals surface area contributed by atoms with Gasteiger partial charge in [-0.2, -0.15) is 0 Å². The van der Waals surface area contributed by atoms with E-state index >= 15 is 0 Å². The molecule has 0 atom stereocenters. The third-order valence-corrected chi connectivity index (χ3v) is 3.12. The smallest absolute Gasteiger partial charge is 0.191 e. The van der Waals surface area contributed by atoms with Crippen LogP contribution in [0.1, 0.15) is 18.9 Å². The monoisotopic (exact) mass is 437 g/mol. The van der Waals surface area contributed by atoms with Gasteiger partial charge in [-0.1, -0.05) is 12.1 Å². The van der Waals surface area contributed by atoms with Crippen LogP contribution in [0.2, 0.25) is 0 Å². The molecule has 0 aliphatic heterocycles. The Morgan fingerprint density at radius 2 is 1.96 bits per heavy atom. The van der Waals surface area contributed by atoms with Crippen molar-refractivity contribution in [2.75, 3.05) is 41.0 Å². The number of guanidine groups is 1. The van der Waals surface area contributed by atoms with Crippen LogP contribution in [0.4, 0.5) is 0 Å². The molecule has 0 aliphatic carbocycles. The second-order valence-corrected chi connectivity index (χ2v) is 4.56. The lowest BCUT2D eigenvalue weighted by Crippen LogP contribution is -2.37. The van der Waals surface area contributed by atoms with Gasteiger partial charge in [0.05, 0.1) is 14.2 Å². The number of nitrogens with zero attached hydrogens (tertiary/aromatic N) is 1. The van der Waals surface area contributed by atoms with Gasteiger partial charge in [-0.25, -0.2) is 0 Å². The molecular weight excluding hydrogens is 409 g/mol. The van der Waals surface area contributed by atoms with E-state index in [0.29, 0.717) is 6.54 Å². The molecule has 1 aromatic rings. The number of benzene rings is 1. The quantitative estimate of drug-likeness (QED) is 0.269. The van der Waals surface area contributed by atoms with Crippen LogP contribution < -0.4 is 20.1 Å². The zero-order chi connectivity index (χ0) is 16.2. The van der Waals surface area contributed by atoms with Crippen molar-refractivity contribution in [1.29, 1.82) is 0 Å². The summed E-state index contributed by atoms with van der Waals surface area (Å²) in [5.41, 5.74) is 1.01. The molecule has 0 aliphatic rings. The Labute approximate surface area is 156 Å². The Bertz CT molecular complexity index is 470. The molecule has 132 valence electrons. The second kappa shape index (κ2) is 13.2. The van der Waals surface area contributed by atoms with Gasteiger partial charge in [-0.3, -0.25) is 4.99 Å². The SMILES string of the molecule is CCOCCCNC(=NC)NCc1cccc(OC)c1OC.I. The zero-order valence-corrected chi connectivity index (χ0v) is 16.7. The summed E-state index contributed by atoms with van der Waals surface area (Å²) in [6.07, 6.45) is 0.941. The van der Waals surface area contributed by atoms with E-state index in [4.69, 9.17) is 14.2 Å². The molecule has 0 spiro atoms. The van der Waals surface area contributed by atoms with E-state index in [-0.39, 0.29) is 24.0 Å². The van der Waals surface area contributed by atoms with Crippen molar-refractivity contribution in [1.82, 2.24) is 10.6 Å². The first-order valence-electron chi connectivity index (χ1n) is 7.48. The summed E-state index contributed by atoms with van der Waals surface area (Å²) in [5, 5.41) is 6.52. The fraction of sp³-hybridized carbons (Fsp3) is 0.562. The van der Waals surface area contributed by atoms with Crippen LogP contribution in [-0.2, 0) is 11.3 Å². The summed E-state index contributed by atoms with van der Waals surface area (Å²) >= 11 is 0. The van der Waals surface area contributed by atoms with E-state index in [0.717, 1.165) is 49.2 Å². The minimum atomic E-state index is 0. The number of methoxy groups -OCH3 is 2. The van der Waals surface area contributed by atoms with Crippen molar-refractivity contribution in [3.8, 4) is 11.5 Å². The maximum absolute atomic E-state index is 5.42. The van der Waals surface area contributed by atoms with E-state index in [2.05, 4.69) is 15.6 Å². The van der Waals surface area contributed by atoms with Crippen molar-refractivity contribution in [3.63, 3.8) is 0 Å². The first-order chi connectivity index (χ1) is 10.8. The number of para-hydroxylation sites is 1. The number of nitrogens with one attached hydrogen (secondary N) is 2. The summed E-state index contributed by atoms with van der Waals surface area (Å²) < 4.78 is 16.0. The Balaban J connectivity index is 0.00000484. The number of aliphatic imine (C=N–C) groups is 1. The lowest BCUT2D eigenvalue weighted by Gasteiger charge is -2.15. The van der Waals surface area contributed by atoms with Crippen LogP contribution in [0.5, 0.6) is 11.5 Å². The predicted octanol–water partition coefficient (Wildman–Crippen LogP) is 2.41. The van der Waals surface area contributed by atoms with Gasteiger partial charge < -0.3 is 24.8 Å². The van der Waals surface area contributed by atoms with Crippen molar-refractivity contribution >= 4 is 29.9 Å². The molecule has 0 unspecified atom stereocenters. The number of ether oxygens (including phenoxy) is 3. The molecule has 0 amide bonds. The van der Waals surface area contributed by atoms with Gasteiger partial charge in [-0.05, 0) is 19.4 Å². The second-order valence-electron chi connectivity index (χ2n) is 4.56. The number of hydrogen-bond donors (Lipinski definition) is 2. The molecule has 0 saturated heterocycles. The first kappa shape index (κ1) is 21.8. The topological polar surface area (TPSA) is 64.1 Å². The normalized spacial score (nSPS) is 10.7. The molecule has 1 aromatic carbocycles. The molecule has 2 N–H and O–H groups in total. The van der Waals surface area contributed by atoms with Gasteiger partial charge >= 0.3 is 0 Å². The molecule has 1 rings (SSSR count). The molecule has 0 saturated carbocycles. The molecule has 6 nitrogen and oxygen atoms in total. The van der Waals surface area contributed by atoms with Gasteiger partial charge in [0.2, 0.25) is 0 Å². The van der Waals surface area contributed by atoms with E-state index in [1.807, 2.05) is 25.1 Å². The fourth-order valence-electron chi connectivity index (χ4n) is 2.02. The lowest BCUT2D eigenvalue weighted by molar-refractivity contribution is 0.145. The molecule has 0 fully saturated rings. The Morgan fingerprint density at radius 1 is 1.17 bits per heavy atom. The van der Waals surface area contributed by atoms with Crippen LogP contribution in [0.25, 0.3) is 0 Å². The number of rotatable bonds is 9. The molecular formula is C16H28IN3O3. The minimum absolute atomic E-state index is 0. The molecule has 7 heteroatoms. The highest BCUT2D eigenvalue weighted by molar-refractivity contribution is 14.0. The van der Waals surface area contributed by atoms with Crippen molar-refractivity contribution < 1.29 is 14.2 Å². The number of halogens is 1. The molecule has 0 aromatic heterocycles. The minimum Gasteiger partial charge on any atom is -0.493 e. The molecule has 0 bridgehead atoms. The van der Waals surface area contributed by atoms with Crippen LogP contribution in [0.15, 0.2) is 23.2 Å². The summed E-state index contributed by atoms with van der Waals surface area (Å²) in [5.74, 6) is 2.21. The Hall–Kier alpha value is -1.22. The van der Waals surface area contributed by atoms with Crippen LogP contribution >= 0.6 is 24.0 Å². The van der Waals surface area contributed by atoms with Crippen LogP contribution in [0, 0.1) is 0 Å². The maximum Gasteiger partial charge on any atom is 0.191 e. The largest absolute Gasteiger partial charge is 0.493 e. The fourth-order valence-corrected chi connectivity index (χ4v) is 2.02. The summed E-state index contributed by atoms with van der Waals surface area (Å²) in [4.78, 5) is 4.20. The highest BCUT2D eigenvalue weighted by Crippen LogP contribution is 2.30. The summed E-state index contributed by atoms with van der Waals surface area (Å²) in [6.45, 7) is 4.92. The van der Waals surface area contributed by atoms with Gasteiger partial charge in [0.15, 0.2) is 17.5 Å². The van der Waals surface area contributed by atoms with Gasteiger partial charge in [0, 0.05) is 38.9 Å². The first-order valence-corrected chi connectivity index (χ1v) is 7.48. The highest BCUT2D eigenvalue weighted by atomic mass is 127. The third-order valence-electron chi connectivity index (χ3n) is 3.12. The zero-order valence-electron chi connectivity index (χ0n) is 14.3. The highest BCUT2D eigenvalue weighted by Gasteiger charge is 2.09. The number of hydrogen-bond acceptors (Lipinski definition) is 4. The van der Waals surface area contributed by atoms with E-state index < -0.39 is 0 Å². The van der Waals surface area contributed by atoms with Crippen molar-refractivity contribution in [2.24, 2.45) is 4.99 Å². The van der Waals surface area contributed by atoms with E-state index in [9.17, 15) is 0 Å². The molecule has 0 heterocycles.